The van der Waals surface area contributed by atoms with Crippen LogP contribution in [0.15, 0.2) is 24.7 Å². The molecule has 1 aliphatic rings. The van der Waals surface area contributed by atoms with Crippen LogP contribution in [-0.4, -0.2) is 51.6 Å². The first-order valence-corrected chi connectivity index (χ1v) is 7.17. The number of aromatic amines is 1. The number of hydrogen-bond acceptors (Lipinski definition) is 6. The Morgan fingerprint density at radius 1 is 1.43 bits per heavy atom. The molecule has 112 valence electrons. The Bertz CT molecular complexity index is 560. The largest absolute Gasteiger partial charge is 0.474 e. The third kappa shape index (κ3) is 3.30. The van der Waals surface area contributed by atoms with E-state index in [1.54, 1.807) is 18.6 Å². The van der Waals surface area contributed by atoms with Crippen LogP contribution >= 0.6 is 0 Å². The summed E-state index contributed by atoms with van der Waals surface area (Å²) in [6, 6.07) is 2.03. The Kier molecular flexibility index (Phi) is 4.30. The summed E-state index contributed by atoms with van der Waals surface area (Å²) in [5, 5.41) is 15.9. The van der Waals surface area contributed by atoms with Crippen molar-refractivity contribution in [3.8, 4) is 5.88 Å². The van der Waals surface area contributed by atoms with E-state index >= 15 is 0 Å². The third-order valence-electron chi connectivity index (χ3n) is 3.65. The van der Waals surface area contributed by atoms with Crippen molar-refractivity contribution in [2.24, 2.45) is 0 Å². The van der Waals surface area contributed by atoms with Crippen LogP contribution in [0.4, 0.5) is 5.82 Å². The Labute approximate surface area is 123 Å². The van der Waals surface area contributed by atoms with Gasteiger partial charge in [-0.3, -0.25) is 10.1 Å². The number of hydrogen-bond donors (Lipinski definition) is 2. The first kappa shape index (κ1) is 13.8. The topological polar surface area (TPSA) is 87.2 Å². The molecule has 1 fully saturated rings. The zero-order valence-corrected chi connectivity index (χ0v) is 11.8. The number of ether oxygens (including phenoxy) is 1. The highest BCUT2D eigenvalue weighted by Gasteiger charge is 2.23. The molecule has 1 atom stereocenters. The Hall–Kier alpha value is -2.15. The van der Waals surface area contributed by atoms with E-state index in [0.717, 1.165) is 31.7 Å². The summed E-state index contributed by atoms with van der Waals surface area (Å²) >= 11 is 0. The molecule has 7 nitrogen and oxygen atoms in total. The van der Waals surface area contributed by atoms with Crippen LogP contribution < -0.4 is 9.64 Å². The van der Waals surface area contributed by atoms with Gasteiger partial charge in [0.15, 0.2) is 5.82 Å². The van der Waals surface area contributed by atoms with E-state index in [2.05, 4.69) is 25.1 Å². The average molecular weight is 289 g/mol. The van der Waals surface area contributed by atoms with Gasteiger partial charge < -0.3 is 14.7 Å². The molecule has 0 aromatic carbocycles. The Morgan fingerprint density at radius 2 is 2.38 bits per heavy atom. The molecule has 0 radical (unpaired) electrons. The number of anilines is 1. The van der Waals surface area contributed by atoms with Crippen LogP contribution in [0.2, 0.25) is 0 Å². The van der Waals surface area contributed by atoms with Crippen LogP contribution in [-0.2, 0) is 0 Å². The quantitative estimate of drug-likeness (QED) is 0.852. The predicted octanol–water partition coefficient (Wildman–Crippen LogP) is 0.955. The third-order valence-corrected chi connectivity index (χ3v) is 3.65. The number of aliphatic hydroxyl groups is 1. The molecule has 0 bridgehead atoms. The molecule has 0 saturated carbocycles. The lowest BCUT2D eigenvalue weighted by Crippen LogP contribution is -2.35. The van der Waals surface area contributed by atoms with Gasteiger partial charge in [0.25, 0.3) is 0 Å². The van der Waals surface area contributed by atoms with E-state index in [1.165, 1.54) is 5.69 Å². The van der Waals surface area contributed by atoms with E-state index in [9.17, 15) is 0 Å². The Balaban J connectivity index is 1.71. The average Bonchev–Trinajstić information content (AvgIpc) is 3.08. The number of rotatable bonds is 5. The molecule has 1 aliphatic heterocycles. The standard InChI is InChI=1S/C14H19N5O2/c20-6-7-21-14-9-15-8-13(17-14)19-5-1-2-11(10-19)12-3-4-16-18-12/h3-4,8-9,11,20H,1-2,5-7,10H2,(H,16,18). The highest BCUT2D eigenvalue weighted by molar-refractivity contribution is 5.39. The van der Waals surface area contributed by atoms with Gasteiger partial charge in [0, 0.05) is 30.9 Å². The number of aliphatic hydroxyl groups excluding tert-OH is 1. The fraction of sp³-hybridized carbons (Fsp3) is 0.500. The van der Waals surface area contributed by atoms with Crippen molar-refractivity contribution in [1.82, 2.24) is 20.2 Å². The molecule has 21 heavy (non-hydrogen) atoms. The smallest absolute Gasteiger partial charge is 0.234 e. The van der Waals surface area contributed by atoms with E-state index in [-0.39, 0.29) is 13.2 Å². The van der Waals surface area contributed by atoms with Crippen molar-refractivity contribution >= 4 is 5.82 Å². The highest BCUT2D eigenvalue weighted by Crippen LogP contribution is 2.28. The molecule has 0 amide bonds. The fourth-order valence-corrected chi connectivity index (χ4v) is 2.64. The van der Waals surface area contributed by atoms with Crippen LogP contribution in [0.25, 0.3) is 0 Å². The van der Waals surface area contributed by atoms with Crippen LogP contribution in [0, 0.1) is 0 Å². The lowest BCUT2D eigenvalue weighted by molar-refractivity contribution is 0.196. The number of aromatic nitrogens is 4. The number of piperidine rings is 1. The lowest BCUT2D eigenvalue weighted by Gasteiger charge is -2.32. The molecular weight excluding hydrogens is 270 g/mol. The second kappa shape index (κ2) is 6.53. The minimum Gasteiger partial charge on any atom is -0.474 e. The van der Waals surface area contributed by atoms with E-state index < -0.39 is 0 Å². The van der Waals surface area contributed by atoms with Crippen molar-refractivity contribution < 1.29 is 9.84 Å². The molecule has 2 aromatic heterocycles. The normalized spacial score (nSPS) is 18.7. The van der Waals surface area contributed by atoms with Gasteiger partial charge >= 0.3 is 0 Å². The molecule has 2 aromatic rings. The molecule has 7 heteroatoms. The van der Waals surface area contributed by atoms with E-state index in [0.29, 0.717) is 11.8 Å². The SMILES string of the molecule is OCCOc1cncc(N2CCCC(c3ccn[nH]3)C2)n1. The summed E-state index contributed by atoms with van der Waals surface area (Å²) in [6.45, 7) is 2.05. The summed E-state index contributed by atoms with van der Waals surface area (Å²) in [6.07, 6.45) is 7.36. The molecule has 3 rings (SSSR count). The second-order valence-corrected chi connectivity index (χ2v) is 5.08. The van der Waals surface area contributed by atoms with Crippen molar-refractivity contribution in [1.29, 1.82) is 0 Å². The second-order valence-electron chi connectivity index (χ2n) is 5.08. The first-order chi connectivity index (χ1) is 10.4. The van der Waals surface area contributed by atoms with Crippen molar-refractivity contribution in [2.45, 2.75) is 18.8 Å². The molecule has 1 saturated heterocycles. The summed E-state index contributed by atoms with van der Waals surface area (Å²) in [5.74, 6) is 1.70. The van der Waals surface area contributed by atoms with Crippen molar-refractivity contribution in [3.63, 3.8) is 0 Å². The maximum Gasteiger partial charge on any atom is 0.234 e. The van der Waals surface area contributed by atoms with Crippen LogP contribution in [0.1, 0.15) is 24.5 Å². The molecule has 0 spiro atoms. The summed E-state index contributed by atoms with van der Waals surface area (Å²) in [5.41, 5.74) is 1.17. The summed E-state index contributed by atoms with van der Waals surface area (Å²) in [7, 11) is 0. The van der Waals surface area contributed by atoms with E-state index in [1.807, 2.05) is 6.07 Å². The molecular formula is C14H19N5O2. The van der Waals surface area contributed by atoms with Gasteiger partial charge in [0.05, 0.1) is 19.0 Å². The minimum atomic E-state index is -0.0302. The highest BCUT2D eigenvalue weighted by atomic mass is 16.5. The molecule has 2 N–H and O–H groups in total. The Morgan fingerprint density at radius 3 is 3.19 bits per heavy atom. The number of nitrogens with one attached hydrogen (secondary N) is 1. The fourth-order valence-electron chi connectivity index (χ4n) is 2.64. The maximum atomic E-state index is 8.79. The lowest BCUT2D eigenvalue weighted by atomic mass is 9.95. The van der Waals surface area contributed by atoms with Crippen LogP contribution in [0.5, 0.6) is 5.88 Å². The molecule has 1 unspecified atom stereocenters. The van der Waals surface area contributed by atoms with E-state index in [4.69, 9.17) is 9.84 Å². The van der Waals surface area contributed by atoms with Gasteiger partial charge in [-0.15, -0.1) is 0 Å². The van der Waals surface area contributed by atoms with Gasteiger partial charge in [-0.25, -0.2) is 0 Å². The van der Waals surface area contributed by atoms with Crippen molar-refractivity contribution in [3.05, 3.63) is 30.4 Å². The predicted molar refractivity (Wildman–Crippen MR) is 77.4 cm³/mol. The van der Waals surface area contributed by atoms with Gasteiger partial charge in [-0.05, 0) is 18.9 Å². The first-order valence-electron chi connectivity index (χ1n) is 7.17. The van der Waals surface area contributed by atoms with Crippen molar-refractivity contribution in [2.75, 3.05) is 31.2 Å². The zero-order chi connectivity index (χ0) is 14.5. The monoisotopic (exact) mass is 289 g/mol. The molecule has 3 heterocycles. The van der Waals surface area contributed by atoms with Gasteiger partial charge in [0.2, 0.25) is 5.88 Å². The molecule has 0 aliphatic carbocycles. The number of nitrogens with zero attached hydrogens (tertiary/aromatic N) is 4. The summed E-state index contributed by atoms with van der Waals surface area (Å²) in [4.78, 5) is 10.8. The maximum absolute atomic E-state index is 8.79. The number of H-pyrrole nitrogens is 1. The van der Waals surface area contributed by atoms with Gasteiger partial charge in [-0.1, -0.05) is 0 Å². The van der Waals surface area contributed by atoms with Gasteiger partial charge in [0.1, 0.15) is 6.61 Å². The van der Waals surface area contributed by atoms with Gasteiger partial charge in [-0.2, -0.15) is 10.1 Å². The van der Waals surface area contributed by atoms with Crippen LogP contribution in [0.3, 0.4) is 0 Å². The zero-order valence-electron chi connectivity index (χ0n) is 11.8. The minimum absolute atomic E-state index is 0.0302. The summed E-state index contributed by atoms with van der Waals surface area (Å²) < 4.78 is 5.32.